The number of aromatic hydroxyl groups is 1. The molecular formula is C21H28N4O2. The van der Waals surface area contributed by atoms with Crippen LogP contribution in [0.4, 0.5) is 0 Å². The van der Waals surface area contributed by atoms with Crippen molar-refractivity contribution in [3.63, 3.8) is 0 Å². The average molecular weight is 368 g/mol. The van der Waals surface area contributed by atoms with Crippen LogP contribution in [-0.2, 0) is 17.8 Å². The molecule has 144 valence electrons. The van der Waals surface area contributed by atoms with E-state index in [0.29, 0.717) is 12.2 Å². The molecular weight excluding hydrogens is 340 g/mol. The molecule has 1 spiro atoms. The molecule has 4 rings (SSSR count). The first-order chi connectivity index (χ1) is 13.1. The number of benzene rings is 1. The average Bonchev–Trinajstić information content (AvgIpc) is 3.17. The minimum Gasteiger partial charge on any atom is -0.508 e. The number of nitrogens with zero attached hydrogens (tertiary/aromatic N) is 3. The van der Waals surface area contributed by atoms with Gasteiger partial charge >= 0.3 is 0 Å². The fraction of sp³-hybridized carbons (Fsp3) is 0.524. The van der Waals surface area contributed by atoms with Crippen LogP contribution >= 0.6 is 0 Å². The van der Waals surface area contributed by atoms with Crippen molar-refractivity contribution >= 4 is 5.91 Å². The van der Waals surface area contributed by atoms with Gasteiger partial charge in [0, 0.05) is 56.3 Å². The highest BCUT2D eigenvalue weighted by Gasteiger charge is 2.41. The fourth-order valence-corrected chi connectivity index (χ4v) is 4.67. The number of likely N-dealkylation sites (tertiary alicyclic amines) is 2. The van der Waals surface area contributed by atoms with E-state index >= 15 is 0 Å². The highest BCUT2D eigenvalue weighted by atomic mass is 16.3. The van der Waals surface area contributed by atoms with E-state index in [4.69, 9.17) is 0 Å². The number of carbonyl (C=O) groups is 1. The highest BCUT2D eigenvalue weighted by molar-refractivity contribution is 5.77. The van der Waals surface area contributed by atoms with Gasteiger partial charge in [0.2, 0.25) is 5.91 Å². The second-order valence-corrected chi connectivity index (χ2v) is 8.13. The smallest absolute Gasteiger partial charge is 0.222 e. The van der Waals surface area contributed by atoms with Gasteiger partial charge in [-0.15, -0.1) is 0 Å². The van der Waals surface area contributed by atoms with E-state index in [2.05, 4.69) is 25.8 Å². The molecule has 1 aromatic heterocycles. The molecule has 2 aliphatic heterocycles. The molecule has 1 aromatic carbocycles. The Hall–Kier alpha value is -2.34. The van der Waals surface area contributed by atoms with Gasteiger partial charge in [-0.05, 0) is 43.5 Å². The molecule has 2 N–H and O–H groups in total. The van der Waals surface area contributed by atoms with Gasteiger partial charge in [-0.2, -0.15) is 0 Å². The lowest BCUT2D eigenvalue weighted by Crippen LogP contribution is -2.54. The maximum atomic E-state index is 12.4. The highest BCUT2D eigenvalue weighted by Crippen LogP contribution is 2.39. The lowest BCUT2D eigenvalue weighted by atomic mass is 9.73. The third kappa shape index (κ3) is 4.33. The number of amides is 1. The summed E-state index contributed by atoms with van der Waals surface area (Å²) < 4.78 is 0. The van der Waals surface area contributed by atoms with Crippen molar-refractivity contribution in [2.24, 2.45) is 5.41 Å². The maximum absolute atomic E-state index is 12.4. The van der Waals surface area contributed by atoms with Gasteiger partial charge in [-0.1, -0.05) is 12.1 Å². The zero-order valence-corrected chi connectivity index (χ0v) is 15.7. The summed E-state index contributed by atoms with van der Waals surface area (Å²) in [5.74, 6) is 0.609. The number of rotatable bonds is 5. The molecule has 0 saturated carbocycles. The van der Waals surface area contributed by atoms with E-state index in [1.54, 1.807) is 12.4 Å². The second-order valence-electron chi connectivity index (χ2n) is 8.13. The van der Waals surface area contributed by atoms with Gasteiger partial charge in [0.15, 0.2) is 0 Å². The van der Waals surface area contributed by atoms with Crippen LogP contribution in [0.2, 0.25) is 0 Å². The van der Waals surface area contributed by atoms with Gasteiger partial charge in [-0.3, -0.25) is 9.69 Å². The SMILES string of the molecule is O=C1CC[C@]2(CCCN(Cc3cccc(O)c3)C2)CN1CCc1cnc[nH]1. The Morgan fingerprint density at radius 1 is 1.26 bits per heavy atom. The molecule has 3 heterocycles. The standard InChI is InChI=1S/C21H28N4O2/c26-19-4-1-3-17(11-19)13-24-9-2-7-21(14-24)8-5-20(27)25(15-21)10-6-18-12-22-16-23-18/h1,3-4,11-12,16,26H,2,5-10,13-15H2,(H,22,23)/t21-/m0/s1. The van der Waals surface area contributed by atoms with Crippen molar-refractivity contribution in [2.45, 2.75) is 38.6 Å². The molecule has 2 saturated heterocycles. The van der Waals surface area contributed by atoms with Gasteiger partial charge in [0.05, 0.1) is 6.33 Å². The topological polar surface area (TPSA) is 72.5 Å². The lowest BCUT2D eigenvalue weighted by molar-refractivity contribution is -0.139. The Labute approximate surface area is 160 Å². The Balaban J connectivity index is 1.39. The summed E-state index contributed by atoms with van der Waals surface area (Å²) in [7, 11) is 0. The van der Waals surface area contributed by atoms with Crippen molar-refractivity contribution < 1.29 is 9.90 Å². The first-order valence-corrected chi connectivity index (χ1v) is 9.87. The van der Waals surface area contributed by atoms with Gasteiger partial charge in [0.1, 0.15) is 5.75 Å². The number of H-pyrrole nitrogens is 1. The van der Waals surface area contributed by atoms with Crippen LogP contribution in [0.15, 0.2) is 36.8 Å². The van der Waals surface area contributed by atoms with Gasteiger partial charge in [-0.25, -0.2) is 4.98 Å². The number of piperidine rings is 2. The number of hydrogen-bond donors (Lipinski definition) is 2. The van der Waals surface area contributed by atoms with Crippen LogP contribution in [0.25, 0.3) is 0 Å². The number of nitrogens with one attached hydrogen (secondary N) is 1. The monoisotopic (exact) mass is 368 g/mol. The second kappa shape index (κ2) is 7.72. The van der Waals surface area contributed by atoms with E-state index in [0.717, 1.165) is 56.8 Å². The molecule has 6 nitrogen and oxygen atoms in total. The number of hydrogen-bond acceptors (Lipinski definition) is 4. The quantitative estimate of drug-likeness (QED) is 0.851. The van der Waals surface area contributed by atoms with Gasteiger partial charge in [0.25, 0.3) is 0 Å². The van der Waals surface area contributed by atoms with Crippen molar-refractivity contribution in [3.05, 3.63) is 48.0 Å². The predicted molar refractivity (Wildman–Crippen MR) is 103 cm³/mol. The zero-order valence-electron chi connectivity index (χ0n) is 15.7. The van der Waals surface area contributed by atoms with Crippen molar-refractivity contribution in [3.8, 4) is 5.75 Å². The molecule has 6 heteroatoms. The molecule has 0 bridgehead atoms. The van der Waals surface area contributed by atoms with E-state index in [-0.39, 0.29) is 11.3 Å². The van der Waals surface area contributed by atoms with Crippen LogP contribution in [0.5, 0.6) is 5.75 Å². The Kier molecular flexibility index (Phi) is 5.16. The minimum atomic E-state index is 0.205. The number of aromatic nitrogens is 2. The van der Waals surface area contributed by atoms with Crippen LogP contribution in [0.3, 0.4) is 0 Å². The number of phenols is 1. The molecule has 0 radical (unpaired) electrons. The first kappa shape index (κ1) is 18.0. The number of phenolic OH excluding ortho intramolecular Hbond substituents is 1. The number of imidazole rings is 1. The van der Waals surface area contributed by atoms with E-state index in [1.165, 1.54) is 12.8 Å². The normalized spacial score (nSPS) is 23.9. The molecule has 1 atom stereocenters. The van der Waals surface area contributed by atoms with E-state index < -0.39 is 0 Å². The van der Waals surface area contributed by atoms with Gasteiger partial charge < -0.3 is 15.0 Å². The number of aromatic amines is 1. The van der Waals surface area contributed by atoms with Crippen LogP contribution in [0, 0.1) is 5.41 Å². The summed E-state index contributed by atoms with van der Waals surface area (Å²) in [5.41, 5.74) is 2.43. The minimum absolute atomic E-state index is 0.205. The number of carbonyl (C=O) groups excluding carboxylic acids is 1. The van der Waals surface area contributed by atoms with Crippen LogP contribution in [-0.4, -0.2) is 57.0 Å². The van der Waals surface area contributed by atoms with Crippen molar-refractivity contribution in [2.75, 3.05) is 26.2 Å². The Morgan fingerprint density at radius 2 is 2.19 bits per heavy atom. The molecule has 27 heavy (non-hydrogen) atoms. The molecule has 0 aliphatic carbocycles. The third-order valence-corrected chi connectivity index (χ3v) is 6.01. The molecule has 2 aliphatic rings. The van der Waals surface area contributed by atoms with E-state index in [1.807, 2.05) is 18.3 Å². The molecule has 2 fully saturated rings. The van der Waals surface area contributed by atoms with Crippen LogP contribution in [0.1, 0.15) is 36.9 Å². The fourth-order valence-electron chi connectivity index (χ4n) is 4.67. The summed E-state index contributed by atoms with van der Waals surface area (Å²) in [6, 6.07) is 7.54. The third-order valence-electron chi connectivity index (χ3n) is 6.01. The molecule has 2 aromatic rings. The molecule has 0 unspecified atom stereocenters. The predicted octanol–water partition coefficient (Wildman–Crippen LogP) is 2.56. The van der Waals surface area contributed by atoms with E-state index in [9.17, 15) is 9.90 Å². The summed E-state index contributed by atoms with van der Waals surface area (Å²) in [6.07, 6.45) is 8.36. The van der Waals surface area contributed by atoms with Crippen molar-refractivity contribution in [1.29, 1.82) is 0 Å². The summed E-state index contributed by atoms with van der Waals surface area (Å²) in [5, 5.41) is 9.72. The maximum Gasteiger partial charge on any atom is 0.222 e. The Morgan fingerprint density at radius 3 is 3.00 bits per heavy atom. The summed E-state index contributed by atoms with van der Waals surface area (Å²) in [4.78, 5) is 24.2. The first-order valence-electron chi connectivity index (χ1n) is 9.87. The van der Waals surface area contributed by atoms with Crippen molar-refractivity contribution in [1.82, 2.24) is 19.8 Å². The largest absolute Gasteiger partial charge is 0.508 e. The summed E-state index contributed by atoms with van der Waals surface area (Å²) in [6.45, 7) is 4.58. The lowest BCUT2D eigenvalue weighted by Gasteiger charge is -2.48. The molecule has 1 amide bonds. The Bertz CT molecular complexity index is 776. The zero-order chi connectivity index (χ0) is 18.7. The summed E-state index contributed by atoms with van der Waals surface area (Å²) >= 11 is 0. The van der Waals surface area contributed by atoms with Crippen LogP contribution < -0.4 is 0 Å².